The van der Waals surface area contributed by atoms with Gasteiger partial charge in [0.1, 0.15) is 5.75 Å². The normalized spacial score (nSPS) is 10.6. The van der Waals surface area contributed by atoms with Crippen LogP contribution in [0.3, 0.4) is 0 Å². The van der Waals surface area contributed by atoms with Crippen molar-refractivity contribution in [3.63, 3.8) is 0 Å². The number of hydrogen-bond donors (Lipinski definition) is 0. The first kappa shape index (κ1) is 15.6. The lowest BCUT2D eigenvalue weighted by Gasteiger charge is -2.05. The van der Waals surface area contributed by atoms with Crippen molar-refractivity contribution in [3.05, 3.63) is 65.2 Å². The van der Waals surface area contributed by atoms with Crippen LogP contribution in [0.15, 0.2) is 48.5 Å². The summed E-state index contributed by atoms with van der Waals surface area (Å²) >= 11 is 0. The first-order valence-corrected chi connectivity index (χ1v) is 8.02. The highest BCUT2D eigenvalue weighted by molar-refractivity contribution is 5.27. The SMILES string of the molecule is CCCc1ccc(CCCCc2ccc(OC)cc2)cc1. The van der Waals surface area contributed by atoms with Gasteiger partial charge in [-0.1, -0.05) is 49.7 Å². The Morgan fingerprint density at radius 2 is 1.10 bits per heavy atom. The topological polar surface area (TPSA) is 9.23 Å². The molecule has 2 aromatic rings. The third-order valence-corrected chi connectivity index (χ3v) is 3.90. The third-order valence-electron chi connectivity index (χ3n) is 3.90. The minimum atomic E-state index is 0.936. The Morgan fingerprint density at radius 1 is 0.667 bits per heavy atom. The number of aryl methyl sites for hydroxylation is 3. The van der Waals surface area contributed by atoms with Crippen molar-refractivity contribution in [3.8, 4) is 5.75 Å². The summed E-state index contributed by atoms with van der Waals surface area (Å²) < 4.78 is 5.18. The second-order valence-electron chi connectivity index (χ2n) is 5.62. The maximum absolute atomic E-state index is 5.18. The molecule has 0 aromatic heterocycles. The molecule has 0 aliphatic rings. The smallest absolute Gasteiger partial charge is 0.118 e. The first-order chi connectivity index (χ1) is 10.3. The molecule has 0 aliphatic carbocycles. The van der Waals surface area contributed by atoms with Crippen LogP contribution in [0.25, 0.3) is 0 Å². The molecule has 0 amide bonds. The molecule has 0 aliphatic heterocycles. The van der Waals surface area contributed by atoms with Crippen molar-refractivity contribution in [2.75, 3.05) is 7.11 Å². The average Bonchev–Trinajstić information content (AvgIpc) is 2.54. The van der Waals surface area contributed by atoms with Gasteiger partial charge in [0.15, 0.2) is 0 Å². The van der Waals surface area contributed by atoms with E-state index in [9.17, 15) is 0 Å². The van der Waals surface area contributed by atoms with Crippen LogP contribution in [0.5, 0.6) is 5.75 Å². The number of benzene rings is 2. The van der Waals surface area contributed by atoms with Crippen LogP contribution in [-0.4, -0.2) is 7.11 Å². The van der Waals surface area contributed by atoms with Gasteiger partial charge in [-0.25, -0.2) is 0 Å². The maximum atomic E-state index is 5.18. The van der Waals surface area contributed by atoms with Crippen LogP contribution in [0.1, 0.15) is 42.9 Å². The predicted octanol–water partition coefficient (Wildman–Crippen LogP) is 5.21. The van der Waals surface area contributed by atoms with Crippen molar-refractivity contribution >= 4 is 0 Å². The summed E-state index contributed by atoms with van der Waals surface area (Å²) in [4.78, 5) is 0. The molecule has 21 heavy (non-hydrogen) atoms. The molecule has 0 unspecified atom stereocenters. The number of rotatable bonds is 8. The van der Waals surface area contributed by atoms with E-state index >= 15 is 0 Å². The molecular formula is C20H26O. The predicted molar refractivity (Wildman–Crippen MR) is 90.1 cm³/mol. The Bertz CT molecular complexity index is 511. The zero-order chi connectivity index (χ0) is 14.9. The molecule has 0 bridgehead atoms. The van der Waals surface area contributed by atoms with Gasteiger partial charge in [-0.05, 0) is 60.9 Å². The summed E-state index contributed by atoms with van der Waals surface area (Å²) in [6, 6.07) is 17.6. The monoisotopic (exact) mass is 282 g/mol. The lowest BCUT2D eigenvalue weighted by molar-refractivity contribution is 0.414. The van der Waals surface area contributed by atoms with Crippen LogP contribution in [-0.2, 0) is 19.3 Å². The summed E-state index contributed by atoms with van der Waals surface area (Å²) in [5.74, 6) is 0.936. The van der Waals surface area contributed by atoms with E-state index in [4.69, 9.17) is 4.74 Å². The van der Waals surface area contributed by atoms with Crippen LogP contribution in [0.4, 0.5) is 0 Å². The molecule has 0 radical (unpaired) electrons. The fourth-order valence-electron chi connectivity index (χ4n) is 2.61. The second kappa shape index (κ2) is 8.51. The van der Waals surface area contributed by atoms with Crippen molar-refractivity contribution in [2.24, 2.45) is 0 Å². The van der Waals surface area contributed by atoms with Crippen LogP contribution in [0.2, 0.25) is 0 Å². The van der Waals surface area contributed by atoms with E-state index in [1.807, 2.05) is 12.1 Å². The van der Waals surface area contributed by atoms with E-state index in [0.717, 1.165) is 12.2 Å². The number of ether oxygens (including phenoxy) is 1. The molecule has 0 heterocycles. The molecule has 2 rings (SSSR count). The molecule has 0 saturated heterocycles. The molecule has 112 valence electrons. The van der Waals surface area contributed by atoms with Crippen LogP contribution in [0, 0.1) is 0 Å². The van der Waals surface area contributed by atoms with Gasteiger partial charge in [0.2, 0.25) is 0 Å². The number of unbranched alkanes of at least 4 members (excludes halogenated alkanes) is 1. The Balaban J connectivity index is 1.71. The maximum Gasteiger partial charge on any atom is 0.118 e. The summed E-state index contributed by atoms with van der Waals surface area (Å²) in [5.41, 5.74) is 4.32. The Labute approximate surface area is 129 Å². The molecule has 0 atom stereocenters. The Hall–Kier alpha value is -1.76. The first-order valence-electron chi connectivity index (χ1n) is 8.02. The average molecular weight is 282 g/mol. The summed E-state index contributed by atoms with van der Waals surface area (Å²) in [6.45, 7) is 2.23. The number of methoxy groups -OCH3 is 1. The highest BCUT2D eigenvalue weighted by Crippen LogP contribution is 2.14. The molecule has 1 nitrogen and oxygen atoms in total. The number of hydrogen-bond acceptors (Lipinski definition) is 1. The van der Waals surface area contributed by atoms with Gasteiger partial charge in [0.05, 0.1) is 7.11 Å². The van der Waals surface area contributed by atoms with Crippen LogP contribution < -0.4 is 4.74 Å². The fraction of sp³-hybridized carbons (Fsp3) is 0.400. The summed E-state index contributed by atoms with van der Waals surface area (Å²) in [5, 5.41) is 0. The Morgan fingerprint density at radius 3 is 1.52 bits per heavy atom. The second-order valence-corrected chi connectivity index (χ2v) is 5.62. The zero-order valence-corrected chi connectivity index (χ0v) is 13.3. The van der Waals surface area contributed by atoms with Gasteiger partial charge in [-0.3, -0.25) is 0 Å². The van der Waals surface area contributed by atoms with E-state index in [-0.39, 0.29) is 0 Å². The lowest BCUT2D eigenvalue weighted by Crippen LogP contribution is -1.91. The van der Waals surface area contributed by atoms with Crippen molar-refractivity contribution in [2.45, 2.75) is 45.4 Å². The molecule has 1 heteroatoms. The van der Waals surface area contributed by atoms with E-state index in [0.29, 0.717) is 0 Å². The van der Waals surface area contributed by atoms with Gasteiger partial charge in [0, 0.05) is 0 Å². The van der Waals surface area contributed by atoms with Crippen molar-refractivity contribution in [1.82, 2.24) is 0 Å². The Kier molecular flexibility index (Phi) is 6.33. The van der Waals surface area contributed by atoms with Crippen LogP contribution >= 0.6 is 0 Å². The molecule has 2 aromatic carbocycles. The van der Waals surface area contributed by atoms with Gasteiger partial charge in [-0.15, -0.1) is 0 Å². The standard InChI is InChI=1S/C20H26O/c1-3-6-17-9-11-18(12-10-17)7-4-5-8-19-13-15-20(21-2)16-14-19/h9-16H,3-8H2,1-2H3. The molecular weight excluding hydrogens is 256 g/mol. The van der Waals surface area contributed by atoms with Gasteiger partial charge < -0.3 is 4.74 Å². The van der Waals surface area contributed by atoms with Crippen molar-refractivity contribution < 1.29 is 4.74 Å². The molecule has 0 spiro atoms. The molecule has 0 saturated carbocycles. The highest BCUT2D eigenvalue weighted by Gasteiger charge is 1.98. The van der Waals surface area contributed by atoms with Crippen molar-refractivity contribution in [1.29, 1.82) is 0 Å². The molecule has 0 N–H and O–H groups in total. The van der Waals surface area contributed by atoms with E-state index in [1.165, 1.54) is 48.8 Å². The lowest BCUT2D eigenvalue weighted by atomic mass is 10.0. The van der Waals surface area contributed by atoms with E-state index in [2.05, 4.69) is 43.3 Å². The highest BCUT2D eigenvalue weighted by atomic mass is 16.5. The quantitative estimate of drug-likeness (QED) is 0.604. The minimum Gasteiger partial charge on any atom is -0.497 e. The summed E-state index contributed by atoms with van der Waals surface area (Å²) in [6.07, 6.45) is 7.24. The minimum absolute atomic E-state index is 0.936. The fourth-order valence-corrected chi connectivity index (χ4v) is 2.61. The van der Waals surface area contributed by atoms with Gasteiger partial charge in [-0.2, -0.15) is 0 Å². The largest absolute Gasteiger partial charge is 0.497 e. The van der Waals surface area contributed by atoms with E-state index in [1.54, 1.807) is 7.11 Å². The van der Waals surface area contributed by atoms with E-state index < -0.39 is 0 Å². The van der Waals surface area contributed by atoms with Gasteiger partial charge >= 0.3 is 0 Å². The summed E-state index contributed by atoms with van der Waals surface area (Å²) in [7, 11) is 1.71. The molecule has 0 fully saturated rings. The van der Waals surface area contributed by atoms with Gasteiger partial charge in [0.25, 0.3) is 0 Å². The zero-order valence-electron chi connectivity index (χ0n) is 13.3. The third kappa shape index (κ3) is 5.26.